The van der Waals surface area contributed by atoms with E-state index in [-0.39, 0.29) is 5.41 Å². The fourth-order valence-corrected chi connectivity index (χ4v) is 2.75. The van der Waals surface area contributed by atoms with Gasteiger partial charge in [0.2, 0.25) is 0 Å². The Morgan fingerprint density at radius 2 is 2.05 bits per heavy atom. The Morgan fingerprint density at radius 3 is 2.67 bits per heavy atom. The summed E-state index contributed by atoms with van der Waals surface area (Å²) in [5.41, 5.74) is 7.59. The number of benzene rings is 1. The number of hydrogen-bond acceptors (Lipinski definition) is 4. The van der Waals surface area contributed by atoms with Crippen LogP contribution in [0.5, 0.6) is 5.75 Å². The predicted octanol–water partition coefficient (Wildman–Crippen LogP) is 3.78. The van der Waals surface area contributed by atoms with Crippen LogP contribution in [0.3, 0.4) is 0 Å². The van der Waals surface area contributed by atoms with Crippen LogP contribution in [0, 0.1) is 11.3 Å². The van der Waals surface area contributed by atoms with Gasteiger partial charge in [0.15, 0.2) is 17.0 Å². The van der Waals surface area contributed by atoms with Crippen molar-refractivity contribution in [2.75, 3.05) is 13.7 Å². The maximum Gasteiger partial charge on any atom is 0.195 e. The zero-order chi connectivity index (χ0) is 15.5. The Bertz CT molecular complexity index is 584. The van der Waals surface area contributed by atoms with Gasteiger partial charge < -0.3 is 14.9 Å². The molecule has 0 saturated carbocycles. The summed E-state index contributed by atoms with van der Waals surface area (Å²) >= 11 is 0. The lowest BCUT2D eigenvalue weighted by Crippen LogP contribution is -2.24. The number of para-hydroxylation sites is 1. The van der Waals surface area contributed by atoms with E-state index < -0.39 is 0 Å². The lowest BCUT2D eigenvalue weighted by molar-refractivity contribution is 0.211. The van der Waals surface area contributed by atoms with Gasteiger partial charge in [0.1, 0.15) is 5.75 Å². The fourth-order valence-electron chi connectivity index (χ4n) is 2.75. The Hall–Kier alpha value is -1.55. The predicted molar refractivity (Wildman–Crippen MR) is 85.5 cm³/mol. The van der Waals surface area contributed by atoms with Gasteiger partial charge in [0.25, 0.3) is 0 Å². The van der Waals surface area contributed by atoms with E-state index in [4.69, 9.17) is 14.9 Å². The van der Waals surface area contributed by atoms with E-state index in [0.717, 1.165) is 48.5 Å². The molecule has 0 fully saturated rings. The van der Waals surface area contributed by atoms with Crippen molar-refractivity contribution in [2.45, 2.75) is 40.0 Å². The number of rotatable bonds is 6. The van der Waals surface area contributed by atoms with Crippen molar-refractivity contribution in [3.05, 3.63) is 24.1 Å². The van der Waals surface area contributed by atoms with Crippen LogP contribution in [0.4, 0.5) is 0 Å². The highest BCUT2D eigenvalue weighted by atomic mass is 16.5. The second kappa shape index (κ2) is 6.48. The zero-order valence-electron chi connectivity index (χ0n) is 13.5. The second-order valence-electron chi connectivity index (χ2n) is 6.59. The minimum absolute atomic E-state index is 0.253. The summed E-state index contributed by atoms with van der Waals surface area (Å²) in [6.45, 7) is 7.52. The lowest BCUT2D eigenvalue weighted by Gasteiger charge is -2.30. The highest BCUT2D eigenvalue weighted by Gasteiger charge is 2.24. The van der Waals surface area contributed by atoms with Crippen molar-refractivity contribution >= 4 is 11.1 Å². The molecule has 1 heterocycles. The van der Waals surface area contributed by atoms with E-state index in [1.165, 1.54) is 0 Å². The topological polar surface area (TPSA) is 61.3 Å². The van der Waals surface area contributed by atoms with Crippen LogP contribution in [0.1, 0.15) is 39.5 Å². The first-order valence-electron chi connectivity index (χ1n) is 7.58. The number of fused-ring (bicyclic) bond motifs is 1. The van der Waals surface area contributed by atoms with Crippen molar-refractivity contribution in [3.8, 4) is 5.75 Å². The molecule has 0 saturated heterocycles. The molecule has 116 valence electrons. The Labute approximate surface area is 126 Å². The van der Waals surface area contributed by atoms with Gasteiger partial charge in [0.05, 0.1) is 7.11 Å². The molecule has 0 radical (unpaired) electrons. The highest BCUT2D eigenvalue weighted by molar-refractivity contribution is 5.79. The van der Waals surface area contributed by atoms with Crippen LogP contribution in [0.25, 0.3) is 11.1 Å². The zero-order valence-corrected chi connectivity index (χ0v) is 13.5. The van der Waals surface area contributed by atoms with Crippen LogP contribution >= 0.6 is 0 Å². The van der Waals surface area contributed by atoms with Crippen LogP contribution in [0.2, 0.25) is 0 Å². The minimum Gasteiger partial charge on any atom is -0.494 e. The van der Waals surface area contributed by atoms with Crippen LogP contribution < -0.4 is 10.5 Å². The fraction of sp³-hybridized carbons (Fsp3) is 0.588. The first-order chi connectivity index (χ1) is 9.95. The minimum atomic E-state index is 0.253. The smallest absolute Gasteiger partial charge is 0.195 e. The third-order valence-electron chi connectivity index (χ3n) is 4.09. The van der Waals surface area contributed by atoms with Gasteiger partial charge in [-0.15, -0.1) is 0 Å². The molecule has 0 spiro atoms. The molecule has 0 amide bonds. The van der Waals surface area contributed by atoms with Gasteiger partial charge in [-0.3, -0.25) is 0 Å². The third-order valence-corrected chi connectivity index (χ3v) is 4.09. The van der Waals surface area contributed by atoms with Crippen molar-refractivity contribution in [2.24, 2.45) is 17.1 Å². The normalized spacial score (nSPS) is 13.6. The Balaban J connectivity index is 2.13. The molecule has 1 aromatic heterocycles. The average Bonchev–Trinajstić information content (AvgIpc) is 2.84. The summed E-state index contributed by atoms with van der Waals surface area (Å²) in [5, 5.41) is 0. The number of aromatic nitrogens is 1. The maximum atomic E-state index is 5.83. The molecule has 2 rings (SSSR count). The third kappa shape index (κ3) is 3.76. The van der Waals surface area contributed by atoms with Crippen molar-refractivity contribution < 1.29 is 9.15 Å². The van der Waals surface area contributed by atoms with E-state index in [2.05, 4.69) is 25.8 Å². The first-order valence-corrected chi connectivity index (χ1v) is 7.58. The summed E-state index contributed by atoms with van der Waals surface area (Å²) in [7, 11) is 1.65. The number of aryl methyl sites for hydroxylation is 1. The van der Waals surface area contributed by atoms with Crippen molar-refractivity contribution in [1.82, 2.24) is 4.98 Å². The van der Waals surface area contributed by atoms with E-state index in [1.807, 2.05) is 18.2 Å². The monoisotopic (exact) mass is 290 g/mol. The Morgan fingerprint density at radius 1 is 1.29 bits per heavy atom. The molecule has 0 aliphatic carbocycles. The van der Waals surface area contributed by atoms with Crippen LogP contribution in [0.15, 0.2) is 22.6 Å². The van der Waals surface area contributed by atoms with E-state index in [1.54, 1.807) is 7.11 Å². The lowest BCUT2D eigenvalue weighted by atomic mass is 9.76. The average molecular weight is 290 g/mol. The molecule has 2 aromatic rings. The molecule has 0 bridgehead atoms. The van der Waals surface area contributed by atoms with E-state index >= 15 is 0 Å². The molecule has 1 atom stereocenters. The summed E-state index contributed by atoms with van der Waals surface area (Å²) in [6.07, 6.45) is 2.91. The Kier molecular flexibility index (Phi) is 4.88. The largest absolute Gasteiger partial charge is 0.494 e. The van der Waals surface area contributed by atoms with Gasteiger partial charge in [-0.2, -0.15) is 0 Å². The number of methoxy groups -OCH3 is 1. The van der Waals surface area contributed by atoms with Gasteiger partial charge >= 0.3 is 0 Å². The van der Waals surface area contributed by atoms with Crippen molar-refractivity contribution in [1.29, 1.82) is 0 Å². The highest BCUT2D eigenvalue weighted by Crippen LogP contribution is 2.33. The number of nitrogens with two attached hydrogens (primary N) is 1. The summed E-state index contributed by atoms with van der Waals surface area (Å²) < 4.78 is 11.1. The molecular formula is C17H26N2O2. The molecule has 0 aliphatic heterocycles. The quantitative estimate of drug-likeness (QED) is 0.879. The molecule has 4 heteroatoms. The van der Waals surface area contributed by atoms with Gasteiger partial charge in [0, 0.05) is 6.42 Å². The first kappa shape index (κ1) is 15.8. The SMILES string of the molecule is COc1cccc2oc(CCC(CCN)C(C)(C)C)nc12. The number of oxazole rings is 1. The molecule has 1 unspecified atom stereocenters. The van der Waals surface area contributed by atoms with Gasteiger partial charge in [-0.05, 0) is 42.9 Å². The summed E-state index contributed by atoms with van der Waals surface area (Å²) in [4.78, 5) is 4.57. The maximum absolute atomic E-state index is 5.83. The van der Waals surface area contributed by atoms with E-state index in [9.17, 15) is 0 Å². The molecule has 1 aromatic carbocycles. The van der Waals surface area contributed by atoms with E-state index in [0.29, 0.717) is 5.92 Å². The number of ether oxygens (including phenoxy) is 1. The van der Waals surface area contributed by atoms with Gasteiger partial charge in [-0.1, -0.05) is 26.8 Å². The molecular weight excluding hydrogens is 264 g/mol. The number of hydrogen-bond donors (Lipinski definition) is 1. The number of nitrogens with zero attached hydrogens (tertiary/aromatic N) is 1. The summed E-state index contributed by atoms with van der Waals surface area (Å²) in [6, 6.07) is 5.75. The molecule has 2 N–H and O–H groups in total. The second-order valence-corrected chi connectivity index (χ2v) is 6.59. The molecule has 0 aliphatic rings. The molecule has 4 nitrogen and oxygen atoms in total. The van der Waals surface area contributed by atoms with Crippen molar-refractivity contribution in [3.63, 3.8) is 0 Å². The molecule has 21 heavy (non-hydrogen) atoms. The van der Waals surface area contributed by atoms with Gasteiger partial charge in [-0.25, -0.2) is 4.98 Å². The standard InChI is InChI=1S/C17H26N2O2/c1-17(2,3)12(10-11-18)8-9-15-19-16-13(20-4)6-5-7-14(16)21-15/h5-7,12H,8-11,18H2,1-4H3. The van der Waals surface area contributed by atoms with Crippen LogP contribution in [-0.4, -0.2) is 18.6 Å². The van der Waals surface area contributed by atoms with Crippen LogP contribution in [-0.2, 0) is 6.42 Å². The summed E-state index contributed by atoms with van der Waals surface area (Å²) in [5.74, 6) is 2.11.